The molecule has 0 aliphatic heterocycles. The highest BCUT2D eigenvalue weighted by Gasteiger charge is 2.06. The van der Waals surface area contributed by atoms with Crippen LogP contribution in [0.2, 0.25) is 0 Å². The van der Waals surface area contributed by atoms with E-state index in [0.29, 0.717) is 29.7 Å². The van der Waals surface area contributed by atoms with Crippen molar-refractivity contribution in [2.75, 3.05) is 18.2 Å². The Morgan fingerprint density at radius 3 is 2.94 bits per heavy atom. The number of nitrogens with two attached hydrogens (primary N) is 1. The smallest absolute Gasteiger partial charge is 0.245 e. The van der Waals surface area contributed by atoms with Gasteiger partial charge in [0.05, 0.1) is 25.0 Å². The summed E-state index contributed by atoms with van der Waals surface area (Å²) in [6.45, 7) is 2.20. The first-order valence-electron chi connectivity index (χ1n) is 5.16. The lowest BCUT2D eigenvalue weighted by atomic mass is 10.2. The third-order valence-electron chi connectivity index (χ3n) is 2.29. The zero-order chi connectivity index (χ0) is 12.3. The molecular formula is C11H14N4O2. The van der Waals surface area contributed by atoms with Gasteiger partial charge in [-0.25, -0.2) is 0 Å². The number of nitrogen functional groups attached to an aromatic ring is 1. The van der Waals surface area contributed by atoms with Crippen LogP contribution < -0.4 is 15.8 Å². The number of hydrogen-bond acceptors (Lipinski definition) is 6. The number of aryl methyl sites for hydroxylation is 1. The first kappa shape index (κ1) is 11.3. The van der Waals surface area contributed by atoms with Crippen molar-refractivity contribution in [3.8, 4) is 5.75 Å². The zero-order valence-corrected chi connectivity index (χ0v) is 9.73. The molecule has 1 aromatic heterocycles. The Balaban J connectivity index is 2.09. The Bertz CT molecular complexity index is 510. The van der Waals surface area contributed by atoms with E-state index in [1.807, 2.05) is 12.1 Å². The summed E-state index contributed by atoms with van der Waals surface area (Å²) in [4.78, 5) is 4.09. The van der Waals surface area contributed by atoms with E-state index in [9.17, 15) is 0 Å². The molecule has 0 unspecified atom stereocenters. The van der Waals surface area contributed by atoms with Gasteiger partial charge in [-0.2, -0.15) is 4.98 Å². The second kappa shape index (κ2) is 4.73. The Labute approximate surface area is 98.8 Å². The number of rotatable bonds is 4. The molecule has 0 bridgehead atoms. The van der Waals surface area contributed by atoms with E-state index in [1.165, 1.54) is 0 Å². The molecule has 0 amide bonds. The van der Waals surface area contributed by atoms with Gasteiger partial charge in [0.2, 0.25) is 5.89 Å². The Hall–Kier alpha value is -2.24. The molecule has 90 valence electrons. The van der Waals surface area contributed by atoms with Gasteiger partial charge in [-0.1, -0.05) is 11.2 Å². The lowest BCUT2D eigenvalue weighted by molar-refractivity contribution is 0.379. The number of nitrogens with one attached hydrogen (secondary N) is 1. The molecule has 0 atom stereocenters. The zero-order valence-electron chi connectivity index (χ0n) is 9.73. The molecule has 0 radical (unpaired) electrons. The maximum atomic E-state index is 5.91. The van der Waals surface area contributed by atoms with Crippen LogP contribution in [0.5, 0.6) is 5.75 Å². The summed E-state index contributed by atoms with van der Waals surface area (Å²) in [5, 5.41) is 6.82. The number of benzene rings is 1. The molecule has 0 spiro atoms. The first-order valence-corrected chi connectivity index (χ1v) is 5.16. The number of methoxy groups -OCH3 is 1. The molecule has 6 nitrogen and oxygen atoms in total. The van der Waals surface area contributed by atoms with Crippen molar-refractivity contribution in [3.63, 3.8) is 0 Å². The van der Waals surface area contributed by atoms with Crippen LogP contribution in [-0.2, 0) is 6.54 Å². The van der Waals surface area contributed by atoms with Gasteiger partial charge in [0, 0.05) is 0 Å². The minimum absolute atomic E-state index is 0.429. The largest absolute Gasteiger partial charge is 0.495 e. The van der Waals surface area contributed by atoms with E-state index in [2.05, 4.69) is 15.5 Å². The van der Waals surface area contributed by atoms with Crippen LogP contribution in [0.25, 0.3) is 0 Å². The van der Waals surface area contributed by atoms with Crippen LogP contribution >= 0.6 is 0 Å². The molecule has 3 N–H and O–H groups in total. The number of nitrogens with zero attached hydrogens (tertiary/aromatic N) is 2. The summed E-state index contributed by atoms with van der Waals surface area (Å²) in [7, 11) is 1.58. The van der Waals surface area contributed by atoms with E-state index in [4.69, 9.17) is 15.0 Å². The number of anilines is 2. The van der Waals surface area contributed by atoms with Crippen molar-refractivity contribution in [2.24, 2.45) is 0 Å². The molecule has 1 heterocycles. The SMILES string of the molecule is COc1cccc(NCc2nc(C)no2)c1N. The predicted molar refractivity (Wildman–Crippen MR) is 63.8 cm³/mol. The fourth-order valence-electron chi connectivity index (χ4n) is 1.46. The molecule has 0 saturated heterocycles. The van der Waals surface area contributed by atoms with Crippen molar-refractivity contribution in [1.82, 2.24) is 10.1 Å². The second-order valence-corrected chi connectivity index (χ2v) is 3.51. The summed E-state index contributed by atoms with van der Waals surface area (Å²) in [5.74, 6) is 1.77. The quantitative estimate of drug-likeness (QED) is 0.781. The Kier molecular flexibility index (Phi) is 3.13. The van der Waals surface area contributed by atoms with Gasteiger partial charge in [-0.3, -0.25) is 0 Å². The lowest BCUT2D eigenvalue weighted by Gasteiger charge is -2.10. The van der Waals surface area contributed by atoms with Crippen LogP contribution in [-0.4, -0.2) is 17.3 Å². The Morgan fingerprint density at radius 1 is 1.47 bits per heavy atom. The summed E-state index contributed by atoms with van der Waals surface area (Å²) in [6.07, 6.45) is 0. The monoisotopic (exact) mass is 234 g/mol. The van der Waals surface area contributed by atoms with Crippen molar-refractivity contribution < 1.29 is 9.26 Å². The summed E-state index contributed by atoms with van der Waals surface area (Å²) in [6, 6.07) is 5.52. The van der Waals surface area contributed by atoms with Crippen LogP contribution in [0.4, 0.5) is 11.4 Å². The maximum Gasteiger partial charge on any atom is 0.245 e. The van der Waals surface area contributed by atoms with Gasteiger partial charge in [-0.05, 0) is 19.1 Å². The molecule has 0 aliphatic rings. The van der Waals surface area contributed by atoms with E-state index in [0.717, 1.165) is 5.69 Å². The molecule has 0 saturated carbocycles. The molecule has 2 rings (SSSR count). The highest BCUT2D eigenvalue weighted by Crippen LogP contribution is 2.29. The van der Waals surface area contributed by atoms with Gasteiger partial charge in [0.25, 0.3) is 0 Å². The predicted octanol–water partition coefficient (Wildman–Crippen LogP) is 1.58. The molecule has 0 fully saturated rings. The van der Waals surface area contributed by atoms with Crippen LogP contribution in [0, 0.1) is 6.92 Å². The third kappa shape index (κ3) is 2.47. The molecular weight excluding hydrogens is 220 g/mol. The highest BCUT2D eigenvalue weighted by molar-refractivity contribution is 5.72. The summed E-state index contributed by atoms with van der Waals surface area (Å²) < 4.78 is 10.1. The Morgan fingerprint density at radius 2 is 2.29 bits per heavy atom. The van der Waals surface area contributed by atoms with Crippen molar-refractivity contribution in [2.45, 2.75) is 13.5 Å². The van der Waals surface area contributed by atoms with Crippen molar-refractivity contribution >= 4 is 11.4 Å². The van der Waals surface area contributed by atoms with Crippen molar-refractivity contribution in [1.29, 1.82) is 0 Å². The van der Waals surface area contributed by atoms with Crippen LogP contribution in [0.3, 0.4) is 0 Å². The van der Waals surface area contributed by atoms with Crippen LogP contribution in [0.15, 0.2) is 22.7 Å². The van der Waals surface area contributed by atoms with E-state index >= 15 is 0 Å². The maximum absolute atomic E-state index is 5.91. The minimum Gasteiger partial charge on any atom is -0.495 e. The molecule has 17 heavy (non-hydrogen) atoms. The third-order valence-corrected chi connectivity index (χ3v) is 2.29. The highest BCUT2D eigenvalue weighted by atomic mass is 16.5. The van der Waals surface area contributed by atoms with E-state index < -0.39 is 0 Å². The van der Waals surface area contributed by atoms with Gasteiger partial charge in [0.15, 0.2) is 5.82 Å². The standard InChI is InChI=1S/C11H14N4O2/c1-7-14-10(17-15-7)6-13-8-4-3-5-9(16-2)11(8)12/h3-5,13H,6,12H2,1-2H3. The molecule has 2 aromatic rings. The topological polar surface area (TPSA) is 86.2 Å². The number of aromatic nitrogens is 2. The average Bonchev–Trinajstić information content (AvgIpc) is 2.74. The molecule has 0 aliphatic carbocycles. The van der Waals surface area contributed by atoms with Gasteiger partial charge < -0.3 is 20.3 Å². The van der Waals surface area contributed by atoms with E-state index in [-0.39, 0.29) is 0 Å². The second-order valence-electron chi connectivity index (χ2n) is 3.51. The first-order chi connectivity index (χ1) is 8.20. The molecule has 6 heteroatoms. The van der Waals surface area contributed by atoms with Gasteiger partial charge >= 0.3 is 0 Å². The normalized spacial score (nSPS) is 10.2. The fourth-order valence-corrected chi connectivity index (χ4v) is 1.46. The van der Waals surface area contributed by atoms with E-state index in [1.54, 1.807) is 20.1 Å². The molecule has 1 aromatic carbocycles. The minimum atomic E-state index is 0.429. The van der Waals surface area contributed by atoms with Crippen molar-refractivity contribution in [3.05, 3.63) is 29.9 Å². The summed E-state index contributed by atoms with van der Waals surface area (Å²) >= 11 is 0. The number of hydrogen-bond donors (Lipinski definition) is 2. The van der Waals surface area contributed by atoms with Gasteiger partial charge in [-0.15, -0.1) is 0 Å². The summed E-state index contributed by atoms with van der Waals surface area (Å²) in [5.41, 5.74) is 7.25. The lowest BCUT2D eigenvalue weighted by Crippen LogP contribution is -2.04. The van der Waals surface area contributed by atoms with Gasteiger partial charge in [0.1, 0.15) is 5.75 Å². The average molecular weight is 234 g/mol. The fraction of sp³-hybridized carbons (Fsp3) is 0.273. The van der Waals surface area contributed by atoms with Crippen LogP contribution in [0.1, 0.15) is 11.7 Å². The number of para-hydroxylation sites is 1. The number of ether oxygens (including phenoxy) is 1.